The predicted octanol–water partition coefficient (Wildman–Crippen LogP) is 0.693. The SMILES string of the molecule is CC(=O)N1CCN(C(=O)CN2CCC[C@@H]2[C@H]2CCCC[C@H]2O)CC1. The van der Waals surface area contributed by atoms with Gasteiger partial charge in [-0.1, -0.05) is 12.8 Å². The minimum absolute atomic E-state index is 0.0907. The molecule has 0 aromatic carbocycles. The average Bonchev–Trinajstić information content (AvgIpc) is 3.03. The molecule has 0 aromatic rings. The molecule has 1 saturated carbocycles. The zero-order chi connectivity index (χ0) is 17.1. The minimum atomic E-state index is -0.196. The van der Waals surface area contributed by atoms with E-state index in [-0.39, 0.29) is 17.9 Å². The zero-order valence-electron chi connectivity index (χ0n) is 14.8. The maximum Gasteiger partial charge on any atom is 0.236 e. The van der Waals surface area contributed by atoms with Gasteiger partial charge in [-0.25, -0.2) is 0 Å². The molecule has 2 aliphatic heterocycles. The van der Waals surface area contributed by atoms with Crippen LogP contribution in [0.15, 0.2) is 0 Å². The van der Waals surface area contributed by atoms with Crippen LogP contribution in [0, 0.1) is 5.92 Å². The third-order valence-electron chi connectivity index (χ3n) is 6.11. The van der Waals surface area contributed by atoms with Crippen molar-refractivity contribution in [2.45, 2.75) is 57.6 Å². The van der Waals surface area contributed by atoms with Gasteiger partial charge in [-0.05, 0) is 32.2 Å². The van der Waals surface area contributed by atoms with E-state index in [0.717, 1.165) is 38.6 Å². The van der Waals surface area contributed by atoms with E-state index < -0.39 is 0 Å². The van der Waals surface area contributed by atoms with E-state index in [1.807, 2.05) is 4.90 Å². The lowest BCUT2D eigenvalue weighted by Gasteiger charge is -2.39. The van der Waals surface area contributed by atoms with Crippen LogP contribution in [0.2, 0.25) is 0 Å². The smallest absolute Gasteiger partial charge is 0.236 e. The van der Waals surface area contributed by atoms with E-state index >= 15 is 0 Å². The Labute approximate surface area is 144 Å². The Bertz CT molecular complexity index is 462. The van der Waals surface area contributed by atoms with Gasteiger partial charge in [0.1, 0.15) is 0 Å². The maximum atomic E-state index is 12.7. The van der Waals surface area contributed by atoms with E-state index in [1.165, 1.54) is 6.42 Å². The average molecular weight is 337 g/mol. The largest absolute Gasteiger partial charge is 0.393 e. The maximum absolute atomic E-state index is 12.7. The fourth-order valence-corrected chi connectivity index (χ4v) is 4.67. The molecule has 6 nitrogen and oxygen atoms in total. The number of carbonyl (C=O) groups is 2. The highest BCUT2D eigenvalue weighted by Gasteiger charge is 2.38. The summed E-state index contributed by atoms with van der Waals surface area (Å²) >= 11 is 0. The summed E-state index contributed by atoms with van der Waals surface area (Å²) in [5.41, 5.74) is 0. The van der Waals surface area contributed by atoms with Crippen LogP contribution < -0.4 is 0 Å². The summed E-state index contributed by atoms with van der Waals surface area (Å²) < 4.78 is 0. The first-order valence-corrected chi connectivity index (χ1v) is 9.51. The second kappa shape index (κ2) is 7.83. The Morgan fingerprint density at radius 2 is 1.58 bits per heavy atom. The van der Waals surface area contributed by atoms with Crippen LogP contribution in [-0.2, 0) is 9.59 Å². The quantitative estimate of drug-likeness (QED) is 0.823. The molecule has 136 valence electrons. The van der Waals surface area contributed by atoms with Crippen molar-refractivity contribution in [2.75, 3.05) is 39.3 Å². The molecule has 24 heavy (non-hydrogen) atoms. The number of piperazine rings is 1. The van der Waals surface area contributed by atoms with Crippen molar-refractivity contribution >= 4 is 11.8 Å². The van der Waals surface area contributed by atoms with Crippen LogP contribution in [0.4, 0.5) is 0 Å². The van der Waals surface area contributed by atoms with Gasteiger partial charge in [0.05, 0.1) is 12.6 Å². The lowest BCUT2D eigenvalue weighted by atomic mass is 9.80. The van der Waals surface area contributed by atoms with Gasteiger partial charge in [0.15, 0.2) is 0 Å². The Balaban J connectivity index is 1.53. The van der Waals surface area contributed by atoms with Gasteiger partial charge in [0.25, 0.3) is 0 Å². The highest BCUT2D eigenvalue weighted by Crippen LogP contribution is 2.34. The van der Waals surface area contributed by atoms with Gasteiger partial charge in [0.2, 0.25) is 11.8 Å². The van der Waals surface area contributed by atoms with Crippen LogP contribution >= 0.6 is 0 Å². The molecular formula is C18H31N3O3. The van der Waals surface area contributed by atoms with Gasteiger partial charge in [-0.3, -0.25) is 14.5 Å². The lowest BCUT2D eigenvalue weighted by Crippen LogP contribution is -2.53. The lowest BCUT2D eigenvalue weighted by molar-refractivity contribution is -0.139. The number of rotatable bonds is 3. The van der Waals surface area contributed by atoms with E-state index in [2.05, 4.69) is 4.90 Å². The fraction of sp³-hybridized carbons (Fsp3) is 0.889. The summed E-state index contributed by atoms with van der Waals surface area (Å²) in [5, 5.41) is 10.4. The second-order valence-corrected chi connectivity index (χ2v) is 7.58. The molecule has 1 aliphatic carbocycles. The summed E-state index contributed by atoms with van der Waals surface area (Å²) in [6, 6.07) is 0.364. The molecule has 0 spiro atoms. The van der Waals surface area contributed by atoms with Gasteiger partial charge >= 0.3 is 0 Å². The molecule has 3 aliphatic rings. The number of aliphatic hydroxyl groups excluding tert-OH is 1. The van der Waals surface area contributed by atoms with E-state index in [9.17, 15) is 14.7 Å². The molecule has 0 unspecified atom stereocenters. The molecule has 0 radical (unpaired) electrons. The molecule has 6 heteroatoms. The monoisotopic (exact) mass is 337 g/mol. The molecule has 2 saturated heterocycles. The highest BCUT2D eigenvalue weighted by molar-refractivity contribution is 5.79. The molecule has 3 atom stereocenters. The van der Waals surface area contributed by atoms with E-state index in [1.54, 1.807) is 11.8 Å². The third kappa shape index (κ3) is 3.91. The minimum Gasteiger partial charge on any atom is -0.393 e. The highest BCUT2D eigenvalue weighted by atomic mass is 16.3. The number of nitrogens with zero attached hydrogens (tertiary/aromatic N) is 3. The first-order chi connectivity index (χ1) is 11.6. The Morgan fingerprint density at radius 1 is 0.917 bits per heavy atom. The Hall–Kier alpha value is -1.14. The van der Waals surface area contributed by atoms with Gasteiger partial charge in [-0.15, -0.1) is 0 Å². The summed E-state index contributed by atoms with van der Waals surface area (Å²) in [7, 11) is 0. The second-order valence-electron chi connectivity index (χ2n) is 7.58. The molecule has 0 aromatic heterocycles. The Kier molecular flexibility index (Phi) is 5.76. The predicted molar refractivity (Wildman–Crippen MR) is 91.4 cm³/mol. The van der Waals surface area contributed by atoms with Crippen molar-refractivity contribution in [1.82, 2.24) is 14.7 Å². The normalized spacial score (nSPS) is 32.2. The summed E-state index contributed by atoms with van der Waals surface area (Å²) in [5.74, 6) is 0.604. The van der Waals surface area contributed by atoms with Crippen molar-refractivity contribution in [1.29, 1.82) is 0 Å². The van der Waals surface area contributed by atoms with E-state index in [0.29, 0.717) is 44.7 Å². The number of aliphatic hydroxyl groups is 1. The molecule has 2 amide bonds. The van der Waals surface area contributed by atoms with Crippen LogP contribution in [0.1, 0.15) is 45.4 Å². The van der Waals surface area contributed by atoms with Crippen molar-refractivity contribution in [3.8, 4) is 0 Å². The topological polar surface area (TPSA) is 64.1 Å². The number of carbonyl (C=O) groups excluding carboxylic acids is 2. The standard InChI is InChI=1S/C18H31N3O3/c1-14(22)19-9-11-20(12-10-19)18(24)13-21-8-4-6-16(21)15-5-2-3-7-17(15)23/h15-17,23H,2-13H2,1H3/t15-,16-,17-/m1/s1. The van der Waals surface area contributed by atoms with Crippen LogP contribution in [0.25, 0.3) is 0 Å². The van der Waals surface area contributed by atoms with Crippen molar-refractivity contribution < 1.29 is 14.7 Å². The number of likely N-dealkylation sites (tertiary alicyclic amines) is 1. The molecule has 0 bridgehead atoms. The Morgan fingerprint density at radius 3 is 2.25 bits per heavy atom. The molecular weight excluding hydrogens is 306 g/mol. The van der Waals surface area contributed by atoms with Crippen LogP contribution in [0.3, 0.4) is 0 Å². The fourth-order valence-electron chi connectivity index (χ4n) is 4.67. The van der Waals surface area contributed by atoms with Gasteiger partial charge in [0, 0.05) is 45.1 Å². The van der Waals surface area contributed by atoms with E-state index in [4.69, 9.17) is 0 Å². The van der Waals surface area contributed by atoms with Crippen molar-refractivity contribution in [3.05, 3.63) is 0 Å². The summed E-state index contributed by atoms with van der Waals surface area (Å²) in [6.07, 6.45) is 6.37. The zero-order valence-corrected chi connectivity index (χ0v) is 14.8. The van der Waals surface area contributed by atoms with Gasteiger partial charge < -0.3 is 14.9 Å². The van der Waals surface area contributed by atoms with Crippen molar-refractivity contribution in [3.63, 3.8) is 0 Å². The summed E-state index contributed by atoms with van der Waals surface area (Å²) in [6.45, 7) is 5.59. The molecule has 3 rings (SSSR count). The van der Waals surface area contributed by atoms with Crippen molar-refractivity contribution in [2.24, 2.45) is 5.92 Å². The van der Waals surface area contributed by atoms with Crippen LogP contribution in [0.5, 0.6) is 0 Å². The number of hydrogen-bond donors (Lipinski definition) is 1. The first kappa shape index (κ1) is 17.7. The first-order valence-electron chi connectivity index (χ1n) is 9.51. The number of amides is 2. The number of hydrogen-bond acceptors (Lipinski definition) is 4. The van der Waals surface area contributed by atoms with Crippen LogP contribution in [-0.4, -0.2) is 83.0 Å². The third-order valence-corrected chi connectivity index (χ3v) is 6.11. The summed E-state index contributed by atoms with van der Waals surface area (Å²) in [4.78, 5) is 30.1. The molecule has 3 fully saturated rings. The molecule has 1 N–H and O–H groups in total. The van der Waals surface area contributed by atoms with Gasteiger partial charge in [-0.2, -0.15) is 0 Å². The molecule has 2 heterocycles.